The minimum Gasteiger partial charge on any atom is -0.347 e. The van der Waals surface area contributed by atoms with Crippen LogP contribution >= 0.6 is 0 Å². The molecule has 1 aromatic carbocycles. The number of benzene rings is 1. The van der Waals surface area contributed by atoms with Gasteiger partial charge in [0.05, 0.1) is 12.5 Å². The second kappa shape index (κ2) is 7.53. The minimum atomic E-state index is -0.350. The number of nitriles is 1. The van der Waals surface area contributed by atoms with Gasteiger partial charge in [-0.05, 0) is 37.3 Å². The summed E-state index contributed by atoms with van der Waals surface area (Å²) < 4.78 is 2.17. The van der Waals surface area contributed by atoms with Crippen LogP contribution in [0.15, 0.2) is 30.5 Å². The van der Waals surface area contributed by atoms with Crippen LogP contribution in [0, 0.1) is 17.2 Å². The number of carbonyl (C=O) groups excluding carboxylic acids is 1. The monoisotopic (exact) mass is 323 g/mol. The van der Waals surface area contributed by atoms with Crippen molar-refractivity contribution in [3.63, 3.8) is 0 Å². The van der Waals surface area contributed by atoms with Crippen molar-refractivity contribution in [3.8, 4) is 6.07 Å². The zero-order valence-electron chi connectivity index (χ0n) is 14.3. The molecule has 126 valence electrons. The first kappa shape index (κ1) is 16.6. The highest BCUT2D eigenvalue weighted by Gasteiger charge is 2.25. The Labute approximate surface area is 143 Å². The van der Waals surface area contributed by atoms with E-state index < -0.39 is 0 Å². The summed E-state index contributed by atoms with van der Waals surface area (Å²) in [6.45, 7) is 2.98. The molecule has 1 amide bonds. The lowest BCUT2D eigenvalue weighted by Gasteiger charge is -2.26. The molecule has 1 atom stereocenters. The molecule has 0 saturated heterocycles. The van der Waals surface area contributed by atoms with Gasteiger partial charge in [0, 0.05) is 23.6 Å². The Kier molecular flexibility index (Phi) is 5.20. The third kappa shape index (κ3) is 3.46. The first-order valence-corrected chi connectivity index (χ1v) is 8.98. The van der Waals surface area contributed by atoms with Gasteiger partial charge >= 0.3 is 0 Å². The Morgan fingerprint density at radius 1 is 1.33 bits per heavy atom. The number of nitrogens with zero attached hydrogens (tertiary/aromatic N) is 2. The highest BCUT2D eigenvalue weighted by atomic mass is 16.1. The summed E-state index contributed by atoms with van der Waals surface area (Å²) >= 11 is 0. The van der Waals surface area contributed by atoms with Crippen molar-refractivity contribution in [2.75, 3.05) is 0 Å². The van der Waals surface area contributed by atoms with Crippen molar-refractivity contribution >= 4 is 16.8 Å². The second-order valence-corrected chi connectivity index (χ2v) is 6.71. The number of fused-ring (bicyclic) bond motifs is 1. The lowest BCUT2D eigenvalue weighted by molar-refractivity contribution is -0.121. The van der Waals surface area contributed by atoms with Crippen LogP contribution in [0.4, 0.5) is 0 Å². The van der Waals surface area contributed by atoms with Gasteiger partial charge in [-0.3, -0.25) is 4.79 Å². The van der Waals surface area contributed by atoms with E-state index in [4.69, 9.17) is 0 Å². The predicted molar refractivity (Wildman–Crippen MR) is 95.4 cm³/mol. The first-order valence-electron chi connectivity index (χ1n) is 8.98. The standard InChI is InChI=1S/C20H25N3O/c1-2-23-14-16(17-10-6-7-11-19(17)23)12-20(24)22-18(13-21)15-8-4-3-5-9-15/h6-7,10-11,14-15,18H,2-5,8-9,12H2,1H3,(H,22,24). The molecule has 4 heteroatoms. The molecule has 1 aliphatic carbocycles. The van der Waals surface area contributed by atoms with Crippen LogP contribution in [0.25, 0.3) is 10.9 Å². The van der Waals surface area contributed by atoms with Crippen LogP contribution in [0.5, 0.6) is 0 Å². The van der Waals surface area contributed by atoms with Gasteiger partial charge in [-0.1, -0.05) is 37.5 Å². The Hall–Kier alpha value is -2.28. The second-order valence-electron chi connectivity index (χ2n) is 6.71. The van der Waals surface area contributed by atoms with E-state index in [0.29, 0.717) is 12.3 Å². The van der Waals surface area contributed by atoms with Crippen LogP contribution in [-0.4, -0.2) is 16.5 Å². The molecule has 0 radical (unpaired) electrons. The third-order valence-corrected chi connectivity index (χ3v) is 5.14. The summed E-state index contributed by atoms with van der Waals surface area (Å²) in [4.78, 5) is 12.5. The summed E-state index contributed by atoms with van der Waals surface area (Å²) in [5, 5.41) is 13.5. The van der Waals surface area contributed by atoms with Gasteiger partial charge in [-0.25, -0.2) is 0 Å². The van der Waals surface area contributed by atoms with Crippen LogP contribution in [0.1, 0.15) is 44.6 Å². The minimum absolute atomic E-state index is 0.0499. The van der Waals surface area contributed by atoms with Crippen LogP contribution in [0.3, 0.4) is 0 Å². The summed E-state index contributed by atoms with van der Waals surface area (Å²) in [7, 11) is 0. The number of amides is 1. The largest absolute Gasteiger partial charge is 0.347 e. The number of rotatable bonds is 5. The molecule has 0 aliphatic heterocycles. The summed E-state index contributed by atoms with van der Waals surface area (Å²) in [6, 6.07) is 10.1. The summed E-state index contributed by atoms with van der Waals surface area (Å²) in [5.41, 5.74) is 2.19. The molecule has 1 aliphatic rings. The first-order chi connectivity index (χ1) is 11.7. The predicted octanol–water partition coefficient (Wildman–Crippen LogP) is 3.79. The van der Waals surface area contributed by atoms with Crippen molar-refractivity contribution in [1.29, 1.82) is 5.26 Å². The lowest BCUT2D eigenvalue weighted by atomic mass is 9.84. The van der Waals surface area contributed by atoms with E-state index in [1.165, 1.54) is 19.3 Å². The Bertz CT molecular complexity index is 750. The van der Waals surface area contributed by atoms with Gasteiger partial charge in [0.1, 0.15) is 6.04 Å². The number of aryl methyl sites for hydroxylation is 1. The SMILES string of the molecule is CCn1cc(CC(=O)NC(C#N)C2CCCCC2)c2ccccc21. The quantitative estimate of drug-likeness (QED) is 0.910. The third-order valence-electron chi connectivity index (χ3n) is 5.14. The zero-order chi connectivity index (χ0) is 16.9. The fourth-order valence-electron chi connectivity index (χ4n) is 3.85. The molecule has 4 nitrogen and oxygen atoms in total. The molecule has 0 spiro atoms. The molecular weight excluding hydrogens is 298 g/mol. The summed E-state index contributed by atoms with van der Waals surface area (Å²) in [6.07, 6.45) is 8.08. The molecule has 0 bridgehead atoms. The maximum Gasteiger partial charge on any atom is 0.225 e. The molecule has 1 heterocycles. The molecule has 1 fully saturated rings. The number of aromatic nitrogens is 1. The number of nitrogens with one attached hydrogen (secondary N) is 1. The molecule has 1 N–H and O–H groups in total. The average Bonchev–Trinajstić information content (AvgIpc) is 2.98. The van der Waals surface area contributed by atoms with Crippen molar-refractivity contribution in [2.24, 2.45) is 5.92 Å². The van der Waals surface area contributed by atoms with E-state index in [-0.39, 0.29) is 11.9 Å². The van der Waals surface area contributed by atoms with Gasteiger partial charge < -0.3 is 9.88 Å². The number of hydrogen-bond acceptors (Lipinski definition) is 2. The van der Waals surface area contributed by atoms with Gasteiger partial charge in [0.15, 0.2) is 0 Å². The smallest absolute Gasteiger partial charge is 0.225 e. The summed E-state index contributed by atoms with van der Waals surface area (Å²) in [5.74, 6) is 0.260. The van der Waals surface area contributed by atoms with Gasteiger partial charge in [0.2, 0.25) is 5.91 Å². The van der Waals surface area contributed by atoms with Crippen LogP contribution < -0.4 is 5.32 Å². The highest BCUT2D eigenvalue weighted by Crippen LogP contribution is 2.26. The number of carbonyl (C=O) groups is 1. The normalized spacial score (nSPS) is 16.7. The Balaban J connectivity index is 1.71. The zero-order valence-corrected chi connectivity index (χ0v) is 14.3. The number of para-hydroxylation sites is 1. The van der Waals surface area contributed by atoms with E-state index in [1.807, 2.05) is 12.1 Å². The van der Waals surface area contributed by atoms with Gasteiger partial charge in [0.25, 0.3) is 0 Å². The van der Waals surface area contributed by atoms with Crippen LogP contribution in [0.2, 0.25) is 0 Å². The van der Waals surface area contributed by atoms with E-state index >= 15 is 0 Å². The van der Waals surface area contributed by atoms with Crippen molar-refractivity contribution in [3.05, 3.63) is 36.0 Å². The molecular formula is C20H25N3O. The maximum atomic E-state index is 12.5. The molecule has 1 saturated carbocycles. The van der Waals surface area contributed by atoms with Crippen molar-refractivity contribution in [1.82, 2.24) is 9.88 Å². The molecule has 1 unspecified atom stereocenters. The highest BCUT2D eigenvalue weighted by molar-refractivity contribution is 5.89. The van der Waals surface area contributed by atoms with E-state index in [1.54, 1.807) is 0 Å². The topological polar surface area (TPSA) is 57.8 Å². The Morgan fingerprint density at radius 3 is 2.79 bits per heavy atom. The van der Waals surface area contributed by atoms with E-state index in [0.717, 1.165) is 35.9 Å². The van der Waals surface area contributed by atoms with E-state index in [9.17, 15) is 10.1 Å². The lowest BCUT2D eigenvalue weighted by Crippen LogP contribution is -2.40. The van der Waals surface area contributed by atoms with Crippen molar-refractivity contribution < 1.29 is 4.79 Å². The fourth-order valence-corrected chi connectivity index (χ4v) is 3.85. The van der Waals surface area contributed by atoms with Crippen LogP contribution in [-0.2, 0) is 17.8 Å². The maximum absolute atomic E-state index is 12.5. The van der Waals surface area contributed by atoms with Gasteiger partial charge in [-0.2, -0.15) is 5.26 Å². The average molecular weight is 323 g/mol. The van der Waals surface area contributed by atoms with Gasteiger partial charge in [-0.15, -0.1) is 0 Å². The fraction of sp³-hybridized carbons (Fsp3) is 0.500. The van der Waals surface area contributed by atoms with E-state index in [2.05, 4.69) is 41.2 Å². The Morgan fingerprint density at radius 2 is 2.08 bits per heavy atom. The molecule has 1 aromatic heterocycles. The number of hydrogen-bond donors (Lipinski definition) is 1. The van der Waals surface area contributed by atoms with Crippen molar-refractivity contribution in [2.45, 2.75) is 58.0 Å². The molecule has 24 heavy (non-hydrogen) atoms. The molecule has 2 aromatic rings. The molecule has 3 rings (SSSR count).